The fraction of sp³-hybridized carbons (Fsp3) is 0.289. The summed E-state index contributed by atoms with van der Waals surface area (Å²) in [5, 5.41) is 32.5. The molecule has 0 spiro atoms. The lowest BCUT2D eigenvalue weighted by atomic mass is 10.0. The Bertz CT molecular complexity index is 2150. The first-order valence-corrected chi connectivity index (χ1v) is 18.3. The van der Waals surface area contributed by atoms with Crippen molar-refractivity contribution >= 4 is 57.2 Å². The van der Waals surface area contributed by atoms with Gasteiger partial charge in [0.25, 0.3) is 0 Å². The number of hydrogen-bond donors (Lipinski definition) is 6. The number of pyridine rings is 1. The molecule has 278 valence electrons. The van der Waals surface area contributed by atoms with Gasteiger partial charge in [0.1, 0.15) is 23.4 Å². The van der Waals surface area contributed by atoms with E-state index in [-0.39, 0.29) is 47.6 Å². The number of nitrogens with one attached hydrogen (secondary N) is 4. The number of carbonyl (C=O) groups is 2. The molecule has 1 atom stereocenters. The van der Waals surface area contributed by atoms with Crippen molar-refractivity contribution in [2.75, 3.05) is 43.9 Å². The Morgan fingerprint density at radius 3 is 2.64 bits per heavy atom. The molecule has 3 aromatic carbocycles. The highest BCUT2D eigenvalue weighted by molar-refractivity contribution is 7.14. The van der Waals surface area contributed by atoms with E-state index in [4.69, 9.17) is 21.1 Å². The first-order valence-electron chi connectivity index (χ1n) is 17.0. The van der Waals surface area contributed by atoms with E-state index in [2.05, 4.69) is 25.8 Å². The summed E-state index contributed by atoms with van der Waals surface area (Å²) in [7, 11) is 1.51. The Balaban J connectivity index is 0.941. The van der Waals surface area contributed by atoms with Gasteiger partial charge in [-0.25, -0.2) is 9.18 Å². The van der Waals surface area contributed by atoms with Crippen LogP contribution < -0.4 is 26.2 Å². The van der Waals surface area contributed by atoms with Crippen LogP contribution in [-0.4, -0.2) is 71.5 Å². The molecule has 1 aliphatic rings. The molecular formula is C38H39ClFN5O7S. The Kier molecular flexibility index (Phi) is 12.3. The predicted molar refractivity (Wildman–Crippen MR) is 203 cm³/mol. The van der Waals surface area contributed by atoms with Crippen LogP contribution in [0.5, 0.6) is 11.5 Å². The van der Waals surface area contributed by atoms with Crippen molar-refractivity contribution in [3.63, 3.8) is 0 Å². The molecule has 1 aliphatic heterocycles. The summed E-state index contributed by atoms with van der Waals surface area (Å²) in [5.74, 6) is -0.177. The van der Waals surface area contributed by atoms with Gasteiger partial charge >= 0.3 is 6.09 Å². The maximum atomic E-state index is 14.3. The number of piperidine rings is 1. The molecule has 0 saturated carbocycles. The number of benzene rings is 3. The second-order valence-corrected chi connectivity index (χ2v) is 13.9. The Hall–Kier alpha value is -4.99. The number of thiophene rings is 1. The normalized spacial score (nSPS) is 14.2. The number of likely N-dealkylation sites (tertiary alicyclic amines) is 1. The number of aromatic nitrogens is 1. The largest absolute Gasteiger partial charge is 0.506 e. The van der Waals surface area contributed by atoms with Crippen molar-refractivity contribution in [3.8, 4) is 21.9 Å². The third-order valence-corrected chi connectivity index (χ3v) is 10.3. The van der Waals surface area contributed by atoms with Crippen LogP contribution in [0.2, 0.25) is 5.02 Å². The molecule has 5 aromatic rings. The van der Waals surface area contributed by atoms with Gasteiger partial charge < -0.3 is 40.2 Å². The zero-order valence-corrected chi connectivity index (χ0v) is 30.4. The van der Waals surface area contributed by atoms with Gasteiger partial charge in [0.15, 0.2) is 0 Å². The Morgan fingerprint density at radius 2 is 1.87 bits per heavy atom. The van der Waals surface area contributed by atoms with Crippen molar-refractivity contribution in [3.05, 3.63) is 104 Å². The van der Waals surface area contributed by atoms with Crippen LogP contribution in [0.4, 0.5) is 20.6 Å². The molecule has 2 amide bonds. The molecule has 12 nitrogen and oxygen atoms in total. The summed E-state index contributed by atoms with van der Waals surface area (Å²) >= 11 is 7.89. The number of hydrogen-bond acceptors (Lipinski definition) is 10. The molecule has 2 aromatic heterocycles. The molecule has 1 fully saturated rings. The fourth-order valence-electron chi connectivity index (χ4n) is 6.30. The minimum Gasteiger partial charge on any atom is -0.506 e. The summed E-state index contributed by atoms with van der Waals surface area (Å²) in [4.78, 5) is 42.6. The zero-order valence-electron chi connectivity index (χ0n) is 28.8. The molecule has 1 saturated heterocycles. The van der Waals surface area contributed by atoms with E-state index in [1.54, 1.807) is 53.9 Å². The van der Waals surface area contributed by atoms with Crippen LogP contribution in [0.3, 0.4) is 0 Å². The third-order valence-electron chi connectivity index (χ3n) is 9.05. The lowest BCUT2D eigenvalue weighted by molar-refractivity contribution is -0.116. The molecule has 15 heteroatoms. The van der Waals surface area contributed by atoms with Crippen LogP contribution in [-0.2, 0) is 16.1 Å². The number of phenolic OH excluding ortho intramolecular Hbond substituents is 1. The molecular weight excluding hydrogens is 725 g/mol. The summed E-state index contributed by atoms with van der Waals surface area (Å²) in [6, 6.07) is 17.4. The van der Waals surface area contributed by atoms with E-state index >= 15 is 0 Å². The van der Waals surface area contributed by atoms with Gasteiger partial charge in [-0.1, -0.05) is 35.9 Å². The van der Waals surface area contributed by atoms with E-state index in [0.29, 0.717) is 88.1 Å². The van der Waals surface area contributed by atoms with Crippen molar-refractivity contribution in [2.24, 2.45) is 0 Å². The highest BCUT2D eigenvalue weighted by Gasteiger charge is 2.24. The maximum Gasteiger partial charge on any atom is 0.411 e. The lowest BCUT2D eigenvalue weighted by Crippen LogP contribution is -2.39. The fourth-order valence-corrected chi connectivity index (χ4v) is 7.41. The van der Waals surface area contributed by atoms with E-state index < -0.39 is 12.2 Å². The van der Waals surface area contributed by atoms with E-state index in [1.165, 1.54) is 36.6 Å². The highest BCUT2D eigenvalue weighted by atomic mass is 35.5. The number of H-pyrrole nitrogens is 1. The summed E-state index contributed by atoms with van der Waals surface area (Å²) in [6.07, 6.45) is -0.366. The van der Waals surface area contributed by atoms with Gasteiger partial charge in [-0.3, -0.25) is 14.9 Å². The first-order chi connectivity index (χ1) is 25.6. The number of halogens is 2. The van der Waals surface area contributed by atoms with Gasteiger partial charge in [-0.15, -0.1) is 11.3 Å². The number of aromatic amines is 1. The van der Waals surface area contributed by atoms with Crippen LogP contribution in [0.25, 0.3) is 21.3 Å². The number of aliphatic hydroxyl groups is 1. The average Bonchev–Trinajstić information content (AvgIpc) is 3.60. The number of nitrogens with zero attached hydrogens (tertiary/aromatic N) is 1. The molecule has 53 heavy (non-hydrogen) atoms. The number of ether oxygens (including phenoxy) is 2. The topological polar surface area (TPSA) is 165 Å². The summed E-state index contributed by atoms with van der Waals surface area (Å²) in [6.45, 7) is 2.26. The standard InChI is InChI=1S/C38H39ClFN5O7S/c1-51-33-19-30(27(39)18-22(33)20-41-21-32(47)24-6-8-31(46)36-25(24)7-9-34(48)44-36)42-35(49)12-16-45-14-10-23(11-15-45)52-38(50)43-29-13-17-53-37(29)26-4-2-3-5-28(26)40/h2-9,13,17-19,23,32,41,46-47H,10-12,14-16,20-21H2,1H3,(H,42,49)(H,43,50)(H,44,48)/t32-/m0/s1. The van der Waals surface area contributed by atoms with Crippen molar-refractivity contribution in [1.29, 1.82) is 0 Å². The molecule has 3 heterocycles. The van der Waals surface area contributed by atoms with Crippen molar-refractivity contribution < 1.29 is 33.7 Å². The van der Waals surface area contributed by atoms with Gasteiger partial charge in [-0.05, 0) is 54.1 Å². The van der Waals surface area contributed by atoms with Gasteiger partial charge in [0.2, 0.25) is 11.5 Å². The Labute approximate surface area is 313 Å². The quantitative estimate of drug-likeness (QED) is 0.0773. The summed E-state index contributed by atoms with van der Waals surface area (Å²) in [5.41, 5.74) is 2.46. The molecule has 0 radical (unpaired) electrons. The van der Waals surface area contributed by atoms with E-state index in [9.17, 15) is 29.0 Å². The molecule has 0 unspecified atom stereocenters. The first kappa shape index (κ1) is 37.8. The number of fused-ring (bicyclic) bond motifs is 1. The van der Waals surface area contributed by atoms with Gasteiger partial charge in [0, 0.05) is 67.8 Å². The average molecular weight is 764 g/mol. The van der Waals surface area contributed by atoms with Gasteiger partial charge in [0.05, 0.1) is 40.0 Å². The number of aromatic hydroxyl groups is 1. The summed E-state index contributed by atoms with van der Waals surface area (Å²) < 4.78 is 25.5. The van der Waals surface area contributed by atoms with Crippen LogP contribution in [0, 0.1) is 5.82 Å². The number of phenols is 1. The molecule has 6 N–H and O–H groups in total. The lowest BCUT2D eigenvalue weighted by Gasteiger charge is -2.31. The third kappa shape index (κ3) is 9.33. The van der Waals surface area contributed by atoms with Crippen molar-refractivity contribution in [2.45, 2.75) is 38.0 Å². The molecule has 0 aliphatic carbocycles. The predicted octanol–water partition coefficient (Wildman–Crippen LogP) is 6.63. The molecule has 0 bridgehead atoms. The number of methoxy groups -OCH3 is 1. The maximum absolute atomic E-state index is 14.3. The van der Waals surface area contributed by atoms with E-state index in [0.717, 1.165) is 0 Å². The number of amides is 2. The van der Waals surface area contributed by atoms with Gasteiger partial charge in [-0.2, -0.15) is 0 Å². The number of rotatable bonds is 13. The highest BCUT2D eigenvalue weighted by Crippen LogP contribution is 2.36. The Morgan fingerprint density at radius 1 is 1.08 bits per heavy atom. The second-order valence-electron chi connectivity index (χ2n) is 12.6. The monoisotopic (exact) mass is 763 g/mol. The second kappa shape index (κ2) is 17.2. The van der Waals surface area contributed by atoms with Crippen LogP contribution >= 0.6 is 22.9 Å². The minimum absolute atomic E-state index is 0.0869. The smallest absolute Gasteiger partial charge is 0.411 e. The van der Waals surface area contributed by atoms with Crippen molar-refractivity contribution in [1.82, 2.24) is 15.2 Å². The number of anilines is 2. The zero-order chi connectivity index (χ0) is 37.5. The number of aliphatic hydroxyl groups excluding tert-OH is 1. The van der Waals surface area contributed by atoms with Crippen LogP contribution in [0.1, 0.15) is 36.5 Å². The van der Waals surface area contributed by atoms with E-state index in [1.807, 2.05) is 0 Å². The van der Waals surface area contributed by atoms with Crippen LogP contribution in [0.15, 0.2) is 76.9 Å². The molecule has 6 rings (SSSR count). The SMILES string of the molecule is COc1cc(NC(=O)CCN2CCC(OC(=O)Nc3ccsc3-c3ccccc3F)CC2)c(Cl)cc1CNC[C@H](O)c1ccc(O)c2[nH]c(=O)ccc12. The number of carbonyl (C=O) groups excluding carboxylic acids is 2. The minimum atomic E-state index is -0.944.